The Bertz CT molecular complexity index is 1010. The predicted molar refractivity (Wildman–Crippen MR) is 107 cm³/mol. The molecule has 0 spiro atoms. The van der Waals surface area contributed by atoms with Gasteiger partial charge in [0.05, 0.1) is 33.7 Å². The lowest BCUT2D eigenvalue weighted by Crippen LogP contribution is -2.22. The second kappa shape index (κ2) is 7.19. The van der Waals surface area contributed by atoms with Gasteiger partial charge in [-0.05, 0) is 49.4 Å². The fraction of sp³-hybridized carbons (Fsp3) is 0.300. The first-order valence-electron chi connectivity index (χ1n) is 9.03. The van der Waals surface area contributed by atoms with Crippen molar-refractivity contribution in [2.24, 2.45) is 16.6 Å². The zero-order valence-corrected chi connectivity index (χ0v) is 15.7. The summed E-state index contributed by atoms with van der Waals surface area (Å²) in [4.78, 5) is 4.36. The number of aromatic nitrogens is 2. The molecule has 0 saturated heterocycles. The maximum absolute atomic E-state index is 13.6. The standard InChI is InChI=1S/C20H21ClFN5/c1-12-4-6-14(9-12)25-19-15(11-24-27-8-2-3-18(19)27)20(23)26-17-10-13(22)5-7-16(17)21/h2-3,5,7-8,10-12,14,25H,4,6,9H2,1H3,(H2,23,26). The maximum Gasteiger partial charge on any atom is 0.135 e. The van der Waals surface area contributed by atoms with E-state index in [4.69, 9.17) is 17.3 Å². The zero-order chi connectivity index (χ0) is 19.0. The average Bonchev–Trinajstić information content (AvgIpc) is 3.27. The molecule has 1 aromatic carbocycles. The molecule has 1 aliphatic carbocycles. The van der Waals surface area contributed by atoms with Crippen LogP contribution in [0.25, 0.3) is 5.52 Å². The molecular formula is C20H21ClFN5. The van der Waals surface area contributed by atoms with Gasteiger partial charge in [0, 0.05) is 18.3 Å². The first-order valence-corrected chi connectivity index (χ1v) is 9.41. The summed E-state index contributed by atoms with van der Waals surface area (Å²) in [6.45, 7) is 2.27. The Balaban J connectivity index is 1.77. The Morgan fingerprint density at radius 2 is 2.22 bits per heavy atom. The van der Waals surface area contributed by atoms with Gasteiger partial charge in [0.2, 0.25) is 0 Å². The van der Waals surface area contributed by atoms with Gasteiger partial charge in [0.25, 0.3) is 0 Å². The van der Waals surface area contributed by atoms with E-state index in [0.717, 1.165) is 24.0 Å². The van der Waals surface area contributed by atoms with E-state index in [0.29, 0.717) is 28.2 Å². The topological polar surface area (TPSA) is 67.7 Å². The number of benzene rings is 1. The molecule has 2 unspecified atom stereocenters. The summed E-state index contributed by atoms with van der Waals surface area (Å²) in [7, 11) is 0. The summed E-state index contributed by atoms with van der Waals surface area (Å²) in [6.07, 6.45) is 7.00. The van der Waals surface area contributed by atoms with Crippen LogP contribution in [0, 0.1) is 11.7 Å². The van der Waals surface area contributed by atoms with Crippen LogP contribution in [0.5, 0.6) is 0 Å². The number of aliphatic imine (C=N–C) groups is 1. The van der Waals surface area contributed by atoms with Crippen molar-refractivity contribution in [2.75, 3.05) is 5.32 Å². The minimum atomic E-state index is -0.413. The quantitative estimate of drug-likeness (QED) is 0.502. The highest BCUT2D eigenvalue weighted by molar-refractivity contribution is 6.33. The van der Waals surface area contributed by atoms with Gasteiger partial charge < -0.3 is 11.1 Å². The molecule has 4 rings (SSSR count). The largest absolute Gasteiger partial charge is 0.383 e. The first kappa shape index (κ1) is 17.8. The van der Waals surface area contributed by atoms with Crippen molar-refractivity contribution in [3.05, 3.63) is 59.1 Å². The second-order valence-corrected chi connectivity index (χ2v) is 7.53. The van der Waals surface area contributed by atoms with Crippen molar-refractivity contribution >= 4 is 34.3 Å². The van der Waals surface area contributed by atoms with Crippen molar-refractivity contribution in [1.29, 1.82) is 0 Å². The summed E-state index contributed by atoms with van der Waals surface area (Å²) in [6, 6.07) is 8.33. The van der Waals surface area contributed by atoms with E-state index in [1.807, 2.05) is 18.3 Å². The van der Waals surface area contributed by atoms with E-state index in [1.54, 1.807) is 10.7 Å². The van der Waals surface area contributed by atoms with Gasteiger partial charge in [-0.2, -0.15) is 5.10 Å². The highest BCUT2D eigenvalue weighted by Crippen LogP contribution is 2.32. The van der Waals surface area contributed by atoms with Crippen LogP contribution >= 0.6 is 11.6 Å². The fourth-order valence-electron chi connectivity index (χ4n) is 3.64. The highest BCUT2D eigenvalue weighted by Gasteiger charge is 2.23. The van der Waals surface area contributed by atoms with Crippen LogP contribution in [0.2, 0.25) is 5.02 Å². The molecule has 3 N–H and O–H groups in total. The minimum absolute atomic E-state index is 0.243. The third kappa shape index (κ3) is 3.62. The summed E-state index contributed by atoms with van der Waals surface area (Å²) in [5.74, 6) is 0.532. The van der Waals surface area contributed by atoms with E-state index < -0.39 is 5.82 Å². The Labute approximate surface area is 162 Å². The first-order chi connectivity index (χ1) is 13.0. The summed E-state index contributed by atoms with van der Waals surface area (Å²) in [5.41, 5.74) is 9.08. The molecule has 0 amide bonds. The van der Waals surface area contributed by atoms with Gasteiger partial charge in [-0.1, -0.05) is 18.5 Å². The molecule has 3 aromatic rings. The van der Waals surface area contributed by atoms with Crippen LogP contribution in [-0.4, -0.2) is 21.5 Å². The lowest BCUT2D eigenvalue weighted by Gasteiger charge is -2.18. The highest BCUT2D eigenvalue weighted by atomic mass is 35.5. The molecule has 0 aliphatic heterocycles. The van der Waals surface area contributed by atoms with Gasteiger partial charge >= 0.3 is 0 Å². The van der Waals surface area contributed by atoms with Crippen LogP contribution in [0.1, 0.15) is 31.7 Å². The van der Waals surface area contributed by atoms with Gasteiger partial charge in [-0.3, -0.25) is 0 Å². The molecule has 2 atom stereocenters. The second-order valence-electron chi connectivity index (χ2n) is 7.12. The number of nitrogens with zero attached hydrogens (tertiary/aromatic N) is 3. The minimum Gasteiger partial charge on any atom is -0.383 e. The average molecular weight is 386 g/mol. The molecular weight excluding hydrogens is 365 g/mol. The van der Waals surface area contributed by atoms with Crippen LogP contribution < -0.4 is 11.1 Å². The van der Waals surface area contributed by atoms with E-state index >= 15 is 0 Å². The molecule has 2 aromatic heterocycles. The molecule has 0 bridgehead atoms. The van der Waals surface area contributed by atoms with Crippen molar-refractivity contribution in [3.8, 4) is 0 Å². The van der Waals surface area contributed by atoms with Gasteiger partial charge in [-0.15, -0.1) is 0 Å². The van der Waals surface area contributed by atoms with E-state index in [-0.39, 0.29) is 5.84 Å². The Hall–Kier alpha value is -2.60. The molecule has 1 saturated carbocycles. The smallest absolute Gasteiger partial charge is 0.135 e. The number of nitrogens with two attached hydrogens (primary N) is 1. The van der Waals surface area contributed by atoms with Crippen molar-refractivity contribution < 1.29 is 4.39 Å². The number of hydrogen-bond donors (Lipinski definition) is 2. The maximum atomic E-state index is 13.6. The van der Waals surface area contributed by atoms with Crippen LogP contribution in [0.15, 0.2) is 47.7 Å². The number of rotatable bonds is 4. The monoisotopic (exact) mass is 385 g/mol. The number of amidine groups is 1. The summed E-state index contributed by atoms with van der Waals surface area (Å²) >= 11 is 6.13. The lowest BCUT2D eigenvalue weighted by atomic mass is 10.1. The van der Waals surface area contributed by atoms with E-state index in [9.17, 15) is 4.39 Å². The van der Waals surface area contributed by atoms with E-state index in [2.05, 4.69) is 22.3 Å². The molecule has 27 heavy (non-hydrogen) atoms. The van der Waals surface area contributed by atoms with Crippen molar-refractivity contribution in [3.63, 3.8) is 0 Å². The molecule has 7 heteroatoms. The molecule has 1 aliphatic rings. The van der Waals surface area contributed by atoms with Crippen LogP contribution in [0.4, 0.5) is 15.8 Å². The molecule has 2 heterocycles. The Morgan fingerprint density at radius 3 is 3.00 bits per heavy atom. The number of hydrogen-bond acceptors (Lipinski definition) is 3. The number of halogens is 2. The summed E-state index contributed by atoms with van der Waals surface area (Å²) in [5, 5.41) is 8.38. The van der Waals surface area contributed by atoms with Gasteiger partial charge in [0.15, 0.2) is 0 Å². The SMILES string of the molecule is CC1CCC(Nc2c(C(N)=Nc3cc(F)ccc3Cl)cnn3cccc23)C1. The summed E-state index contributed by atoms with van der Waals surface area (Å²) < 4.78 is 15.4. The van der Waals surface area contributed by atoms with Crippen LogP contribution in [0.3, 0.4) is 0 Å². The molecule has 5 nitrogen and oxygen atoms in total. The van der Waals surface area contributed by atoms with Crippen molar-refractivity contribution in [1.82, 2.24) is 9.61 Å². The predicted octanol–water partition coefficient (Wildman–Crippen LogP) is 4.76. The van der Waals surface area contributed by atoms with E-state index in [1.165, 1.54) is 24.6 Å². The number of anilines is 1. The third-order valence-corrected chi connectivity index (χ3v) is 5.35. The normalized spacial score (nSPS) is 20.3. The zero-order valence-electron chi connectivity index (χ0n) is 15.0. The van der Waals surface area contributed by atoms with Gasteiger partial charge in [-0.25, -0.2) is 13.9 Å². The lowest BCUT2D eigenvalue weighted by molar-refractivity contribution is 0.602. The van der Waals surface area contributed by atoms with Gasteiger partial charge in [0.1, 0.15) is 11.7 Å². The number of fused-ring (bicyclic) bond motifs is 1. The third-order valence-electron chi connectivity index (χ3n) is 5.03. The molecule has 140 valence electrons. The van der Waals surface area contributed by atoms with Crippen LogP contribution in [-0.2, 0) is 0 Å². The molecule has 1 fully saturated rings. The fourth-order valence-corrected chi connectivity index (χ4v) is 3.80. The Kier molecular flexibility index (Phi) is 4.74. The number of nitrogens with one attached hydrogen (secondary N) is 1. The van der Waals surface area contributed by atoms with Crippen molar-refractivity contribution in [2.45, 2.75) is 32.2 Å². The molecule has 0 radical (unpaired) electrons. The Morgan fingerprint density at radius 1 is 1.37 bits per heavy atom.